The third-order valence-corrected chi connectivity index (χ3v) is 5.73. The molecule has 2 amide bonds. The maximum Gasteiger partial charge on any atom is 0.248 e. The van der Waals surface area contributed by atoms with E-state index in [1.54, 1.807) is 35.6 Å². The summed E-state index contributed by atoms with van der Waals surface area (Å²) in [6, 6.07) is 18.6. The summed E-state index contributed by atoms with van der Waals surface area (Å²) in [6.45, 7) is 3.97. The minimum Gasteiger partial charge on any atom is -0.366 e. The maximum absolute atomic E-state index is 12.7. The quantitative estimate of drug-likeness (QED) is 0.525. The van der Waals surface area contributed by atoms with Crippen LogP contribution in [0.25, 0.3) is 0 Å². The van der Waals surface area contributed by atoms with Gasteiger partial charge in [-0.3, -0.25) is 14.9 Å². The monoisotopic (exact) mass is 407 g/mol. The maximum atomic E-state index is 12.7. The van der Waals surface area contributed by atoms with Crippen LogP contribution in [0.1, 0.15) is 46.3 Å². The third-order valence-electron chi connectivity index (χ3n) is 4.80. The number of amides is 2. The number of aryl methyl sites for hydroxylation is 1. The lowest BCUT2D eigenvalue weighted by Gasteiger charge is -2.23. The Kier molecular flexibility index (Phi) is 6.80. The lowest BCUT2D eigenvalue weighted by Crippen LogP contribution is -2.40. The SMILES string of the molecule is CCc1ccc([C@@H](N[C@H](C)C(=O)Nc2ccc(C(N)=O)cc2)c2cccs2)cc1. The van der Waals surface area contributed by atoms with Gasteiger partial charge in [-0.15, -0.1) is 11.3 Å². The first-order chi connectivity index (χ1) is 14.0. The first-order valence-corrected chi connectivity index (χ1v) is 10.4. The van der Waals surface area contributed by atoms with Crippen molar-refractivity contribution >= 4 is 28.8 Å². The molecule has 1 aromatic heterocycles. The molecule has 29 heavy (non-hydrogen) atoms. The molecule has 0 spiro atoms. The minimum absolute atomic E-state index is 0.0705. The summed E-state index contributed by atoms with van der Waals surface area (Å²) in [6.07, 6.45) is 0.991. The van der Waals surface area contributed by atoms with E-state index in [9.17, 15) is 9.59 Å². The highest BCUT2D eigenvalue weighted by atomic mass is 32.1. The van der Waals surface area contributed by atoms with E-state index in [0.29, 0.717) is 11.3 Å². The van der Waals surface area contributed by atoms with Gasteiger partial charge in [0.1, 0.15) is 0 Å². The zero-order valence-corrected chi connectivity index (χ0v) is 17.3. The summed E-state index contributed by atoms with van der Waals surface area (Å²) in [5.74, 6) is -0.644. The highest BCUT2D eigenvalue weighted by molar-refractivity contribution is 7.10. The topological polar surface area (TPSA) is 84.2 Å². The van der Waals surface area contributed by atoms with Gasteiger partial charge in [0, 0.05) is 16.1 Å². The summed E-state index contributed by atoms with van der Waals surface area (Å²) >= 11 is 1.66. The number of benzene rings is 2. The van der Waals surface area contributed by atoms with Gasteiger partial charge in [0.15, 0.2) is 0 Å². The molecule has 0 unspecified atom stereocenters. The Morgan fingerprint density at radius 1 is 1.03 bits per heavy atom. The van der Waals surface area contributed by atoms with Crippen LogP contribution in [-0.2, 0) is 11.2 Å². The van der Waals surface area contributed by atoms with E-state index in [4.69, 9.17) is 5.73 Å². The number of thiophene rings is 1. The molecule has 0 aliphatic carbocycles. The van der Waals surface area contributed by atoms with Gasteiger partial charge in [0.2, 0.25) is 11.8 Å². The van der Waals surface area contributed by atoms with E-state index in [-0.39, 0.29) is 11.9 Å². The second kappa shape index (κ2) is 9.49. The van der Waals surface area contributed by atoms with Crippen LogP contribution < -0.4 is 16.4 Å². The number of carbonyl (C=O) groups excluding carboxylic acids is 2. The lowest BCUT2D eigenvalue weighted by atomic mass is 10.0. The normalized spacial score (nSPS) is 12.9. The molecule has 3 rings (SSSR count). The van der Waals surface area contributed by atoms with Crippen molar-refractivity contribution in [1.82, 2.24) is 5.32 Å². The smallest absolute Gasteiger partial charge is 0.248 e. The Labute approximate surface area is 175 Å². The van der Waals surface area contributed by atoms with Gasteiger partial charge in [-0.25, -0.2) is 0 Å². The highest BCUT2D eigenvalue weighted by Crippen LogP contribution is 2.27. The van der Waals surface area contributed by atoms with Crippen molar-refractivity contribution in [2.45, 2.75) is 32.4 Å². The molecule has 3 aromatic rings. The summed E-state index contributed by atoms with van der Waals surface area (Å²) in [4.78, 5) is 25.0. The summed E-state index contributed by atoms with van der Waals surface area (Å²) in [5.41, 5.74) is 8.68. The predicted molar refractivity (Wildman–Crippen MR) is 118 cm³/mol. The average molecular weight is 408 g/mol. The van der Waals surface area contributed by atoms with Gasteiger partial charge in [0.05, 0.1) is 12.1 Å². The Morgan fingerprint density at radius 2 is 1.72 bits per heavy atom. The van der Waals surface area contributed by atoms with Crippen molar-refractivity contribution in [3.63, 3.8) is 0 Å². The molecule has 150 valence electrons. The van der Waals surface area contributed by atoms with Crippen LogP contribution in [0.3, 0.4) is 0 Å². The van der Waals surface area contributed by atoms with Crippen LogP contribution in [0.5, 0.6) is 0 Å². The average Bonchev–Trinajstić information content (AvgIpc) is 3.27. The number of primary amides is 1. The van der Waals surface area contributed by atoms with Gasteiger partial charge in [-0.1, -0.05) is 37.3 Å². The van der Waals surface area contributed by atoms with Crippen LogP contribution >= 0.6 is 11.3 Å². The largest absolute Gasteiger partial charge is 0.366 e. The van der Waals surface area contributed by atoms with E-state index in [0.717, 1.165) is 16.9 Å². The minimum atomic E-state index is -0.495. The van der Waals surface area contributed by atoms with Gasteiger partial charge < -0.3 is 11.1 Å². The van der Waals surface area contributed by atoms with Gasteiger partial charge in [-0.2, -0.15) is 0 Å². The Bertz CT molecular complexity index is 951. The zero-order chi connectivity index (χ0) is 20.8. The molecule has 0 aliphatic heterocycles. The molecule has 2 atom stereocenters. The van der Waals surface area contributed by atoms with Crippen LogP contribution in [0.4, 0.5) is 5.69 Å². The van der Waals surface area contributed by atoms with Gasteiger partial charge in [0.25, 0.3) is 0 Å². The molecule has 5 nitrogen and oxygen atoms in total. The number of hydrogen-bond donors (Lipinski definition) is 3. The van der Waals surface area contributed by atoms with Crippen LogP contribution in [0.15, 0.2) is 66.0 Å². The van der Waals surface area contributed by atoms with Crippen molar-refractivity contribution in [2.75, 3.05) is 5.32 Å². The van der Waals surface area contributed by atoms with Crippen LogP contribution in [0, 0.1) is 0 Å². The van der Waals surface area contributed by atoms with Crippen molar-refractivity contribution < 1.29 is 9.59 Å². The number of hydrogen-bond acceptors (Lipinski definition) is 4. The molecule has 1 heterocycles. The second-order valence-electron chi connectivity index (χ2n) is 6.86. The number of rotatable bonds is 8. The molecule has 2 aromatic carbocycles. The number of nitrogens with one attached hydrogen (secondary N) is 2. The molecule has 0 saturated carbocycles. The Hall–Kier alpha value is -2.96. The predicted octanol–water partition coefficient (Wildman–Crippen LogP) is 4.12. The fourth-order valence-electron chi connectivity index (χ4n) is 3.04. The molecule has 4 N–H and O–H groups in total. The molecule has 0 saturated heterocycles. The number of anilines is 1. The van der Waals surface area contributed by atoms with Crippen molar-refractivity contribution in [3.05, 3.63) is 87.6 Å². The van der Waals surface area contributed by atoms with E-state index in [1.807, 2.05) is 18.4 Å². The molecular formula is C23H25N3O2S. The van der Waals surface area contributed by atoms with E-state index in [1.165, 1.54) is 5.56 Å². The molecular weight excluding hydrogens is 382 g/mol. The van der Waals surface area contributed by atoms with Crippen molar-refractivity contribution in [3.8, 4) is 0 Å². The first kappa shape index (κ1) is 20.8. The van der Waals surface area contributed by atoms with Gasteiger partial charge in [-0.05, 0) is 60.2 Å². The molecule has 6 heteroatoms. The van der Waals surface area contributed by atoms with Crippen LogP contribution in [0.2, 0.25) is 0 Å². The third kappa shape index (κ3) is 5.31. The standard InChI is InChI=1S/C23H25N3O2S/c1-3-16-6-8-17(9-7-16)21(20-5-4-14-29-20)25-15(2)23(28)26-19-12-10-18(11-13-19)22(24)27/h4-15,21,25H,3H2,1-2H3,(H2,24,27)(H,26,28)/t15-,21-/m1/s1. The van der Waals surface area contributed by atoms with Crippen molar-refractivity contribution in [2.24, 2.45) is 5.73 Å². The number of nitrogens with two attached hydrogens (primary N) is 1. The van der Waals surface area contributed by atoms with Gasteiger partial charge >= 0.3 is 0 Å². The fraction of sp³-hybridized carbons (Fsp3) is 0.217. The molecule has 0 bridgehead atoms. The molecule has 0 aliphatic rings. The summed E-state index contributed by atoms with van der Waals surface area (Å²) in [7, 11) is 0. The van der Waals surface area contributed by atoms with E-state index >= 15 is 0 Å². The van der Waals surface area contributed by atoms with Crippen LogP contribution in [-0.4, -0.2) is 17.9 Å². The van der Waals surface area contributed by atoms with E-state index in [2.05, 4.69) is 47.9 Å². The number of carbonyl (C=O) groups is 2. The van der Waals surface area contributed by atoms with E-state index < -0.39 is 11.9 Å². The Balaban J connectivity index is 1.72. The summed E-state index contributed by atoms with van der Waals surface area (Å²) < 4.78 is 0. The molecule has 0 fully saturated rings. The molecule has 0 radical (unpaired) electrons. The first-order valence-electron chi connectivity index (χ1n) is 9.57. The second-order valence-corrected chi connectivity index (χ2v) is 7.84. The Morgan fingerprint density at radius 3 is 2.28 bits per heavy atom. The highest BCUT2D eigenvalue weighted by Gasteiger charge is 2.21. The fourth-order valence-corrected chi connectivity index (χ4v) is 3.85. The van der Waals surface area contributed by atoms with Crippen molar-refractivity contribution in [1.29, 1.82) is 0 Å². The zero-order valence-electron chi connectivity index (χ0n) is 16.5. The summed E-state index contributed by atoms with van der Waals surface area (Å²) in [5, 5.41) is 8.36. The lowest BCUT2D eigenvalue weighted by molar-refractivity contribution is -0.117.